The Morgan fingerprint density at radius 3 is 2.88 bits per heavy atom. The van der Waals surface area contributed by atoms with E-state index >= 15 is 0 Å². The average molecular weight is 240 g/mol. The number of aliphatic carboxylic acids is 1. The number of piperidine rings is 1. The number of likely N-dealkylation sites (tertiary alicyclic amines) is 1. The zero-order valence-corrected chi connectivity index (χ0v) is 10.7. The van der Waals surface area contributed by atoms with Gasteiger partial charge in [-0.3, -0.25) is 9.69 Å². The molecule has 2 N–H and O–H groups in total. The van der Waals surface area contributed by atoms with E-state index < -0.39 is 5.97 Å². The first-order chi connectivity index (χ1) is 8.18. The van der Waals surface area contributed by atoms with Gasteiger partial charge in [-0.25, -0.2) is 0 Å². The van der Waals surface area contributed by atoms with Crippen LogP contribution in [0.5, 0.6) is 0 Å². The van der Waals surface area contributed by atoms with E-state index in [1.807, 2.05) is 6.92 Å². The van der Waals surface area contributed by atoms with Crippen LogP contribution in [0.2, 0.25) is 0 Å². The van der Waals surface area contributed by atoms with Gasteiger partial charge in [0, 0.05) is 18.6 Å². The maximum atomic E-state index is 11.0. The lowest BCUT2D eigenvalue weighted by atomic mass is 9.93. The molecule has 0 aliphatic carbocycles. The van der Waals surface area contributed by atoms with Gasteiger partial charge in [-0.1, -0.05) is 13.3 Å². The van der Waals surface area contributed by atoms with Crippen LogP contribution in [0.25, 0.3) is 0 Å². The standard InChI is InChI=1S/C13H24N2O2/c1-10(13(16)17)9-15-8-3-2-6-12(15)11-5-4-7-14-11/h10-12,14H,2-9H2,1H3,(H,16,17). The first-order valence-electron chi connectivity index (χ1n) is 6.88. The van der Waals surface area contributed by atoms with Crippen LogP contribution in [0.3, 0.4) is 0 Å². The molecule has 98 valence electrons. The number of nitrogens with zero attached hydrogens (tertiary/aromatic N) is 1. The summed E-state index contributed by atoms with van der Waals surface area (Å²) >= 11 is 0. The Morgan fingerprint density at radius 1 is 1.41 bits per heavy atom. The fraction of sp³-hybridized carbons (Fsp3) is 0.923. The minimum Gasteiger partial charge on any atom is -0.481 e. The summed E-state index contributed by atoms with van der Waals surface area (Å²) in [6.45, 7) is 4.72. The Morgan fingerprint density at radius 2 is 2.24 bits per heavy atom. The van der Waals surface area contributed by atoms with Crippen molar-refractivity contribution in [2.75, 3.05) is 19.6 Å². The molecule has 2 fully saturated rings. The molecule has 0 saturated carbocycles. The zero-order valence-electron chi connectivity index (χ0n) is 10.7. The molecule has 2 aliphatic heterocycles. The maximum absolute atomic E-state index is 11.0. The Bertz CT molecular complexity index is 264. The third kappa shape index (κ3) is 3.19. The molecule has 2 heterocycles. The van der Waals surface area contributed by atoms with Crippen LogP contribution in [0, 0.1) is 5.92 Å². The number of carboxylic acid groups (broad SMARTS) is 1. The predicted molar refractivity (Wildman–Crippen MR) is 67.0 cm³/mol. The van der Waals surface area contributed by atoms with Gasteiger partial charge in [0.1, 0.15) is 0 Å². The largest absolute Gasteiger partial charge is 0.481 e. The smallest absolute Gasteiger partial charge is 0.307 e. The first kappa shape index (κ1) is 12.8. The molecule has 0 spiro atoms. The van der Waals surface area contributed by atoms with Gasteiger partial charge in [-0.15, -0.1) is 0 Å². The summed E-state index contributed by atoms with van der Waals surface area (Å²) in [6, 6.07) is 1.16. The normalized spacial score (nSPS) is 32.5. The highest BCUT2D eigenvalue weighted by atomic mass is 16.4. The fourth-order valence-corrected chi connectivity index (χ4v) is 3.17. The summed E-state index contributed by atoms with van der Waals surface area (Å²) in [4.78, 5) is 13.4. The van der Waals surface area contributed by atoms with Gasteiger partial charge >= 0.3 is 5.97 Å². The minimum absolute atomic E-state index is 0.253. The topological polar surface area (TPSA) is 52.6 Å². The second kappa shape index (κ2) is 5.83. The summed E-state index contributed by atoms with van der Waals surface area (Å²) in [5.41, 5.74) is 0. The van der Waals surface area contributed by atoms with E-state index in [-0.39, 0.29) is 5.92 Å². The van der Waals surface area contributed by atoms with E-state index in [0.717, 1.165) is 13.1 Å². The molecule has 4 nitrogen and oxygen atoms in total. The lowest BCUT2D eigenvalue weighted by Crippen LogP contribution is -2.51. The van der Waals surface area contributed by atoms with E-state index in [2.05, 4.69) is 10.2 Å². The number of carbonyl (C=O) groups is 1. The molecule has 3 unspecified atom stereocenters. The second-order valence-electron chi connectivity index (χ2n) is 5.50. The van der Waals surface area contributed by atoms with Gasteiger partial charge in [0.15, 0.2) is 0 Å². The van der Waals surface area contributed by atoms with E-state index in [4.69, 9.17) is 5.11 Å². The van der Waals surface area contributed by atoms with Crippen molar-refractivity contribution in [3.8, 4) is 0 Å². The molecule has 3 atom stereocenters. The second-order valence-corrected chi connectivity index (χ2v) is 5.50. The van der Waals surface area contributed by atoms with Crippen molar-refractivity contribution in [3.05, 3.63) is 0 Å². The van der Waals surface area contributed by atoms with Crippen molar-refractivity contribution in [1.29, 1.82) is 0 Å². The Balaban J connectivity index is 1.94. The number of nitrogens with one attached hydrogen (secondary N) is 1. The molecule has 0 bridgehead atoms. The van der Waals surface area contributed by atoms with Crippen LogP contribution in [0.1, 0.15) is 39.0 Å². The summed E-state index contributed by atoms with van der Waals surface area (Å²) in [7, 11) is 0. The van der Waals surface area contributed by atoms with E-state index in [1.54, 1.807) is 0 Å². The summed E-state index contributed by atoms with van der Waals surface area (Å²) < 4.78 is 0. The predicted octanol–water partition coefficient (Wildman–Crippen LogP) is 1.31. The van der Waals surface area contributed by atoms with Gasteiger partial charge in [0.2, 0.25) is 0 Å². The lowest BCUT2D eigenvalue weighted by Gasteiger charge is -2.40. The van der Waals surface area contributed by atoms with Gasteiger partial charge < -0.3 is 10.4 Å². The molecule has 0 radical (unpaired) electrons. The van der Waals surface area contributed by atoms with Crippen molar-refractivity contribution in [1.82, 2.24) is 10.2 Å². The third-order valence-electron chi connectivity index (χ3n) is 4.16. The molecule has 0 aromatic carbocycles. The SMILES string of the molecule is CC(CN1CCCCC1C1CCCN1)C(=O)O. The van der Waals surface area contributed by atoms with Gasteiger partial charge in [-0.05, 0) is 38.8 Å². The van der Waals surface area contributed by atoms with Crippen LogP contribution in [-0.2, 0) is 4.79 Å². The third-order valence-corrected chi connectivity index (χ3v) is 4.16. The molecule has 17 heavy (non-hydrogen) atoms. The highest BCUT2D eigenvalue weighted by molar-refractivity contribution is 5.69. The average Bonchev–Trinajstić information content (AvgIpc) is 2.83. The van der Waals surface area contributed by atoms with Crippen LogP contribution in [0.15, 0.2) is 0 Å². The van der Waals surface area contributed by atoms with Gasteiger partial charge in [-0.2, -0.15) is 0 Å². The maximum Gasteiger partial charge on any atom is 0.307 e. The molecule has 4 heteroatoms. The van der Waals surface area contributed by atoms with E-state index in [9.17, 15) is 4.79 Å². The van der Waals surface area contributed by atoms with Crippen molar-refractivity contribution in [3.63, 3.8) is 0 Å². The van der Waals surface area contributed by atoms with Gasteiger partial charge in [0.05, 0.1) is 5.92 Å². The number of hydrogen-bond acceptors (Lipinski definition) is 3. The van der Waals surface area contributed by atoms with Crippen molar-refractivity contribution in [2.24, 2.45) is 5.92 Å². The minimum atomic E-state index is -0.672. The summed E-state index contributed by atoms with van der Waals surface area (Å²) in [5.74, 6) is -0.925. The fourth-order valence-electron chi connectivity index (χ4n) is 3.17. The Hall–Kier alpha value is -0.610. The van der Waals surface area contributed by atoms with Crippen LogP contribution >= 0.6 is 0 Å². The molecule has 0 aromatic rings. The highest BCUT2D eigenvalue weighted by Crippen LogP contribution is 2.24. The quantitative estimate of drug-likeness (QED) is 0.778. The van der Waals surface area contributed by atoms with Crippen LogP contribution < -0.4 is 5.32 Å². The monoisotopic (exact) mass is 240 g/mol. The van der Waals surface area contributed by atoms with E-state index in [1.165, 1.54) is 32.1 Å². The Kier molecular flexibility index (Phi) is 4.40. The van der Waals surface area contributed by atoms with Gasteiger partial charge in [0.25, 0.3) is 0 Å². The first-order valence-corrected chi connectivity index (χ1v) is 6.88. The number of carboxylic acids is 1. The number of rotatable bonds is 4. The highest BCUT2D eigenvalue weighted by Gasteiger charge is 2.32. The lowest BCUT2D eigenvalue weighted by molar-refractivity contribution is -0.142. The zero-order chi connectivity index (χ0) is 12.3. The van der Waals surface area contributed by atoms with Crippen molar-refractivity contribution >= 4 is 5.97 Å². The Labute approximate surface area is 103 Å². The molecular weight excluding hydrogens is 216 g/mol. The van der Waals surface area contributed by atoms with Crippen molar-refractivity contribution < 1.29 is 9.90 Å². The molecule has 2 rings (SSSR count). The van der Waals surface area contributed by atoms with Crippen LogP contribution in [-0.4, -0.2) is 47.7 Å². The number of hydrogen-bond donors (Lipinski definition) is 2. The molecule has 2 aliphatic rings. The molecule has 2 saturated heterocycles. The molecular formula is C13H24N2O2. The van der Waals surface area contributed by atoms with Crippen molar-refractivity contribution in [2.45, 2.75) is 51.1 Å². The summed E-state index contributed by atoms with van der Waals surface area (Å²) in [5, 5.41) is 12.6. The van der Waals surface area contributed by atoms with E-state index in [0.29, 0.717) is 18.6 Å². The molecule has 0 amide bonds. The molecule has 0 aromatic heterocycles. The summed E-state index contributed by atoms with van der Waals surface area (Å²) in [6.07, 6.45) is 6.26. The van der Waals surface area contributed by atoms with Crippen LogP contribution in [0.4, 0.5) is 0 Å².